The maximum Gasteiger partial charge on any atom is 0.267 e. The molecule has 0 spiro atoms. The van der Waals surface area contributed by atoms with Gasteiger partial charge in [-0.3, -0.25) is 4.79 Å². The molecule has 6 heteroatoms. The Hall–Kier alpha value is -1.53. The van der Waals surface area contributed by atoms with Gasteiger partial charge in [0.15, 0.2) is 0 Å². The number of rotatable bonds is 8. The molecular formula is C13H25N5O. The molecule has 0 saturated carbocycles. The molecule has 0 atom stereocenters. The van der Waals surface area contributed by atoms with Crippen molar-refractivity contribution in [3.63, 3.8) is 0 Å². The number of amides is 1. The van der Waals surface area contributed by atoms with Crippen molar-refractivity contribution in [3.05, 3.63) is 18.0 Å². The van der Waals surface area contributed by atoms with E-state index in [1.54, 1.807) is 16.8 Å². The molecule has 0 radical (unpaired) electrons. The summed E-state index contributed by atoms with van der Waals surface area (Å²) in [7, 11) is 3.88. The largest absolute Gasteiger partial charge is 0.397 e. The molecule has 0 bridgehead atoms. The van der Waals surface area contributed by atoms with Crippen molar-refractivity contribution < 1.29 is 4.79 Å². The normalized spacial score (nSPS) is 10.9. The number of aromatic nitrogens is 1. The number of nitrogens with two attached hydrogens (primary N) is 2. The second kappa shape index (κ2) is 7.81. The van der Waals surface area contributed by atoms with Crippen molar-refractivity contribution in [1.82, 2.24) is 14.8 Å². The van der Waals surface area contributed by atoms with Gasteiger partial charge in [-0.1, -0.05) is 0 Å². The lowest BCUT2D eigenvalue weighted by Crippen LogP contribution is -2.30. The third kappa shape index (κ3) is 5.32. The second-order valence-corrected chi connectivity index (χ2v) is 4.82. The van der Waals surface area contributed by atoms with Crippen molar-refractivity contribution in [2.24, 2.45) is 12.8 Å². The summed E-state index contributed by atoms with van der Waals surface area (Å²) in [6, 6.07) is 1.68. The molecule has 0 unspecified atom stereocenters. The Morgan fingerprint density at radius 1 is 1.42 bits per heavy atom. The molecule has 108 valence electrons. The first-order valence-electron chi connectivity index (χ1n) is 6.63. The molecule has 0 fully saturated rings. The Kier molecular flexibility index (Phi) is 6.38. The molecule has 0 aliphatic heterocycles. The lowest BCUT2D eigenvalue weighted by molar-refractivity contribution is 0.0944. The van der Waals surface area contributed by atoms with E-state index in [1.165, 1.54) is 0 Å². The highest BCUT2D eigenvalue weighted by Gasteiger charge is 2.09. The van der Waals surface area contributed by atoms with E-state index in [0.717, 1.165) is 32.5 Å². The highest BCUT2D eigenvalue weighted by atomic mass is 16.1. The van der Waals surface area contributed by atoms with Gasteiger partial charge in [0.1, 0.15) is 5.69 Å². The van der Waals surface area contributed by atoms with Crippen LogP contribution >= 0.6 is 0 Å². The fourth-order valence-electron chi connectivity index (χ4n) is 1.93. The molecule has 0 saturated heterocycles. The minimum absolute atomic E-state index is 0.0798. The summed E-state index contributed by atoms with van der Waals surface area (Å²) in [5.74, 6) is -0.0798. The number of carbonyl (C=O) groups excluding carboxylic acids is 1. The van der Waals surface area contributed by atoms with Crippen LogP contribution in [0, 0.1) is 0 Å². The topological polar surface area (TPSA) is 89.3 Å². The summed E-state index contributed by atoms with van der Waals surface area (Å²) in [6.07, 6.45) is 3.66. The zero-order chi connectivity index (χ0) is 14.3. The Bertz CT molecular complexity index is 402. The average molecular weight is 267 g/mol. The standard InChI is InChI=1S/C13H25N5O/c1-17(7-3-5-14)8-4-6-16-13(19)12-9-11(15)10-18(12)2/h9-10H,3-8,14-15H2,1-2H3,(H,16,19). The molecule has 0 aliphatic rings. The van der Waals surface area contributed by atoms with E-state index in [9.17, 15) is 4.79 Å². The third-order valence-corrected chi connectivity index (χ3v) is 3.00. The first-order chi connectivity index (χ1) is 9.04. The highest BCUT2D eigenvalue weighted by Crippen LogP contribution is 2.08. The van der Waals surface area contributed by atoms with Crippen LogP contribution in [0.1, 0.15) is 23.3 Å². The Balaban J connectivity index is 2.22. The summed E-state index contributed by atoms with van der Waals surface area (Å²) in [6.45, 7) is 3.33. The highest BCUT2D eigenvalue weighted by molar-refractivity contribution is 5.93. The predicted molar refractivity (Wildman–Crippen MR) is 77.9 cm³/mol. The number of hydrogen-bond acceptors (Lipinski definition) is 4. The van der Waals surface area contributed by atoms with E-state index >= 15 is 0 Å². The zero-order valence-corrected chi connectivity index (χ0v) is 11.9. The minimum atomic E-state index is -0.0798. The molecule has 1 amide bonds. The molecule has 6 nitrogen and oxygen atoms in total. The van der Waals surface area contributed by atoms with Gasteiger partial charge in [-0.05, 0) is 45.6 Å². The smallest absolute Gasteiger partial charge is 0.267 e. The summed E-state index contributed by atoms with van der Waals surface area (Å²) in [5, 5.41) is 2.90. The van der Waals surface area contributed by atoms with E-state index in [-0.39, 0.29) is 5.91 Å². The number of nitrogens with zero attached hydrogens (tertiary/aromatic N) is 2. The van der Waals surface area contributed by atoms with Crippen molar-refractivity contribution in [3.8, 4) is 0 Å². The molecular weight excluding hydrogens is 242 g/mol. The Labute approximate surface area is 114 Å². The van der Waals surface area contributed by atoms with Gasteiger partial charge in [0.2, 0.25) is 0 Å². The van der Waals surface area contributed by atoms with Gasteiger partial charge in [0, 0.05) is 19.8 Å². The maximum absolute atomic E-state index is 11.9. The van der Waals surface area contributed by atoms with Gasteiger partial charge in [-0.2, -0.15) is 0 Å². The molecule has 0 aromatic carbocycles. The maximum atomic E-state index is 11.9. The van der Waals surface area contributed by atoms with Crippen LogP contribution in [0.5, 0.6) is 0 Å². The van der Waals surface area contributed by atoms with Crippen LogP contribution in [0.15, 0.2) is 12.3 Å². The third-order valence-electron chi connectivity index (χ3n) is 3.00. The van der Waals surface area contributed by atoms with Gasteiger partial charge >= 0.3 is 0 Å². The lowest BCUT2D eigenvalue weighted by atomic mass is 10.3. The SMILES string of the molecule is CN(CCCN)CCCNC(=O)c1cc(N)cn1C. The molecule has 1 heterocycles. The van der Waals surface area contributed by atoms with Crippen LogP contribution in [0.25, 0.3) is 0 Å². The quantitative estimate of drug-likeness (QED) is 0.579. The van der Waals surface area contributed by atoms with Gasteiger partial charge < -0.3 is 26.3 Å². The van der Waals surface area contributed by atoms with E-state index in [0.29, 0.717) is 17.9 Å². The monoisotopic (exact) mass is 267 g/mol. The van der Waals surface area contributed by atoms with Crippen LogP contribution in [0.2, 0.25) is 0 Å². The van der Waals surface area contributed by atoms with Gasteiger partial charge in [-0.25, -0.2) is 0 Å². The number of carbonyl (C=O) groups is 1. The second-order valence-electron chi connectivity index (χ2n) is 4.82. The summed E-state index contributed by atoms with van der Waals surface area (Å²) < 4.78 is 1.73. The van der Waals surface area contributed by atoms with Crippen LogP contribution in [0.3, 0.4) is 0 Å². The summed E-state index contributed by atoms with van der Waals surface area (Å²) >= 11 is 0. The molecule has 1 aromatic heterocycles. The summed E-state index contributed by atoms with van der Waals surface area (Å²) in [5.41, 5.74) is 12.3. The first-order valence-corrected chi connectivity index (χ1v) is 6.63. The molecule has 5 N–H and O–H groups in total. The van der Waals surface area contributed by atoms with E-state index in [1.807, 2.05) is 7.05 Å². The van der Waals surface area contributed by atoms with Gasteiger partial charge in [0.25, 0.3) is 5.91 Å². The van der Waals surface area contributed by atoms with Crippen molar-refractivity contribution in [2.75, 3.05) is 39.0 Å². The fraction of sp³-hybridized carbons (Fsp3) is 0.615. The lowest BCUT2D eigenvalue weighted by Gasteiger charge is -2.15. The number of nitrogen functional groups attached to an aromatic ring is 1. The molecule has 1 aromatic rings. The number of nitrogens with one attached hydrogen (secondary N) is 1. The minimum Gasteiger partial charge on any atom is -0.397 e. The van der Waals surface area contributed by atoms with Crippen LogP contribution < -0.4 is 16.8 Å². The first kappa shape index (κ1) is 15.5. The summed E-state index contributed by atoms with van der Waals surface area (Å²) in [4.78, 5) is 14.1. The average Bonchev–Trinajstić information content (AvgIpc) is 2.71. The van der Waals surface area contributed by atoms with E-state index < -0.39 is 0 Å². The van der Waals surface area contributed by atoms with Crippen LogP contribution in [-0.2, 0) is 7.05 Å². The molecule has 19 heavy (non-hydrogen) atoms. The molecule has 0 aliphatic carbocycles. The van der Waals surface area contributed by atoms with Crippen LogP contribution in [0.4, 0.5) is 5.69 Å². The Morgan fingerprint density at radius 2 is 2.11 bits per heavy atom. The number of aryl methyl sites for hydroxylation is 1. The van der Waals surface area contributed by atoms with Crippen molar-refractivity contribution in [1.29, 1.82) is 0 Å². The fourth-order valence-corrected chi connectivity index (χ4v) is 1.93. The van der Waals surface area contributed by atoms with Crippen LogP contribution in [-0.4, -0.2) is 48.6 Å². The zero-order valence-electron chi connectivity index (χ0n) is 11.9. The van der Waals surface area contributed by atoms with Gasteiger partial charge in [-0.15, -0.1) is 0 Å². The van der Waals surface area contributed by atoms with Crippen molar-refractivity contribution >= 4 is 11.6 Å². The number of hydrogen-bond donors (Lipinski definition) is 3. The van der Waals surface area contributed by atoms with Gasteiger partial charge in [0.05, 0.1) is 5.69 Å². The number of anilines is 1. The molecule has 1 rings (SSSR count). The Morgan fingerprint density at radius 3 is 2.68 bits per heavy atom. The van der Waals surface area contributed by atoms with E-state index in [2.05, 4.69) is 17.3 Å². The predicted octanol–water partition coefficient (Wildman–Crippen LogP) is 0.00780. The van der Waals surface area contributed by atoms with E-state index in [4.69, 9.17) is 11.5 Å². The van der Waals surface area contributed by atoms with Crippen molar-refractivity contribution in [2.45, 2.75) is 12.8 Å².